The van der Waals surface area contributed by atoms with Crippen LogP contribution in [0.2, 0.25) is 10.0 Å². The molecular weight excluding hydrogens is 381 g/mol. The lowest BCUT2D eigenvalue weighted by Crippen LogP contribution is -2.48. The molecule has 0 unspecified atom stereocenters. The van der Waals surface area contributed by atoms with Crippen LogP contribution in [0, 0.1) is 13.8 Å². The second-order valence-electron chi connectivity index (χ2n) is 7.05. The zero-order chi connectivity index (χ0) is 19.4. The number of hydrogen-bond donors (Lipinski definition) is 1. The van der Waals surface area contributed by atoms with Crippen molar-refractivity contribution in [1.29, 1.82) is 0 Å². The summed E-state index contributed by atoms with van der Waals surface area (Å²) in [6.07, 6.45) is 0. The van der Waals surface area contributed by atoms with Crippen molar-refractivity contribution >= 4 is 34.8 Å². The molecule has 1 heterocycles. The van der Waals surface area contributed by atoms with Gasteiger partial charge in [0.2, 0.25) is 5.91 Å². The molecule has 0 saturated carbocycles. The van der Waals surface area contributed by atoms with Crippen molar-refractivity contribution in [1.82, 2.24) is 9.80 Å². The fraction of sp³-hybridized carbons (Fsp3) is 0.381. The van der Waals surface area contributed by atoms with Crippen LogP contribution in [0.3, 0.4) is 0 Å². The van der Waals surface area contributed by atoms with E-state index in [0.717, 1.165) is 49.5 Å². The minimum atomic E-state index is 0.0336. The number of nitrogens with one attached hydrogen (secondary N) is 1. The normalized spacial score (nSPS) is 15.7. The maximum atomic E-state index is 12.4. The molecule has 1 N–H and O–H groups in total. The van der Waals surface area contributed by atoms with Crippen LogP contribution in [-0.2, 0) is 11.3 Å². The Hall–Kier alpha value is -1.59. The molecule has 1 saturated heterocycles. The van der Waals surface area contributed by atoms with Crippen LogP contribution in [0.5, 0.6) is 0 Å². The van der Waals surface area contributed by atoms with Crippen molar-refractivity contribution < 1.29 is 4.79 Å². The van der Waals surface area contributed by atoms with E-state index in [9.17, 15) is 4.79 Å². The van der Waals surface area contributed by atoms with E-state index in [4.69, 9.17) is 23.2 Å². The molecule has 0 aromatic heterocycles. The van der Waals surface area contributed by atoms with Crippen molar-refractivity contribution in [2.45, 2.75) is 20.4 Å². The third-order valence-corrected chi connectivity index (χ3v) is 5.86. The van der Waals surface area contributed by atoms with E-state index in [1.807, 2.05) is 37.3 Å². The fourth-order valence-corrected chi connectivity index (χ4v) is 3.81. The highest BCUT2D eigenvalue weighted by Gasteiger charge is 2.20. The molecule has 1 fully saturated rings. The highest BCUT2D eigenvalue weighted by Crippen LogP contribution is 2.26. The van der Waals surface area contributed by atoms with E-state index >= 15 is 0 Å². The Morgan fingerprint density at radius 3 is 2.22 bits per heavy atom. The van der Waals surface area contributed by atoms with Gasteiger partial charge in [0, 0.05) is 54.0 Å². The maximum Gasteiger partial charge on any atom is 0.238 e. The van der Waals surface area contributed by atoms with Gasteiger partial charge in [-0.15, -0.1) is 0 Å². The zero-order valence-corrected chi connectivity index (χ0v) is 17.3. The van der Waals surface area contributed by atoms with Crippen LogP contribution < -0.4 is 5.32 Å². The van der Waals surface area contributed by atoms with Crippen LogP contribution in [0.25, 0.3) is 0 Å². The van der Waals surface area contributed by atoms with Gasteiger partial charge >= 0.3 is 0 Å². The smallest absolute Gasteiger partial charge is 0.238 e. The molecule has 0 bridgehead atoms. The summed E-state index contributed by atoms with van der Waals surface area (Å²) in [6, 6.07) is 11.6. The number of carbonyl (C=O) groups excluding carboxylic acids is 1. The molecule has 4 nitrogen and oxygen atoms in total. The van der Waals surface area contributed by atoms with E-state index in [2.05, 4.69) is 28.1 Å². The fourth-order valence-electron chi connectivity index (χ4n) is 3.29. The van der Waals surface area contributed by atoms with Crippen molar-refractivity contribution in [3.05, 3.63) is 63.1 Å². The number of piperazine rings is 1. The quantitative estimate of drug-likeness (QED) is 0.801. The number of nitrogens with zero attached hydrogens (tertiary/aromatic N) is 2. The highest BCUT2D eigenvalue weighted by atomic mass is 35.5. The molecule has 0 radical (unpaired) electrons. The first-order valence-electron chi connectivity index (χ1n) is 9.17. The lowest BCUT2D eigenvalue weighted by Gasteiger charge is -2.34. The van der Waals surface area contributed by atoms with Crippen LogP contribution in [0.4, 0.5) is 5.69 Å². The van der Waals surface area contributed by atoms with Gasteiger partial charge in [-0.25, -0.2) is 0 Å². The van der Waals surface area contributed by atoms with Crippen molar-refractivity contribution in [3.8, 4) is 0 Å². The van der Waals surface area contributed by atoms with E-state index in [1.165, 1.54) is 5.56 Å². The standard InChI is InChI=1S/C21H25Cl2N3O/c1-15-5-3-8-20(16(15)2)24-21(27)14-26-11-9-25(10-12-26)13-17-18(22)6-4-7-19(17)23/h3-8H,9-14H2,1-2H3,(H,24,27). The molecule has 3 rings (SSSR count). The molecule has 27 heavy (non-hydrogen) atoms. The summed E-state index contributed by atoms with van der Waals surface area (Å²) in [5.41, 5.74) is 4.17. The van der Waals surface area contributed by atoms with Crippen molar-refractivity contribution in [3.63, 3.8) is 0 Å². The first-order valence-corrected chi connectivity index (χ1v) is 9.93. The molecular formula is C21H25Cl2N3O. The van der Waals surface area contributed by atoms with Gasteiger partial charge < -0.3 is 5.32 Å². The minimum Gasteiger partial charge on any atom is -0.325 e. The van der Waals surface area contributed by atoms with E-state index in [-0.39, 0.29) is 5.91 Å². The van der Waals surface area contributed by atoms with Crippen molar-refractivity contribution in [2.75, 3.05) is 38.0 Å². The number of hydrogen-bond acceptors (Lipinski definition) is 3. The average molecular weight is 406 g/mol. The molecule has 6 heteroatoms. The van der Waals surface area contributed by atoms with Gasteiger partial charge in [-0.05, 0) is 43.2 Å². The van der Waals surface area contributed by atoms with Crippen LogP contribution in [0.15, 0.2) is 36.4 Å². The number of anilines is 1. The summed E-state index contributed by atoms with van der Waals surface area (Å²) >= 11 is 12.5. The first kappa shape index (κ1) is 20.2. The van der Waals surface area contributed by atoms with Gasteiger partial charge in [-0.1, -0.05) is 41.4 Å². The van der Waals surface area contributed by atoms with Gasteiger partial charge in [0.15, 0.2) is 0 Å². The predicted molar refractivity (Wildman–Crippen MR) is 113 cm³/mol. The molecule has 0 spiro atoms. The van der Waals surface area contributed by atoms with Crippen LogP contribution >= 0.6 is 23.2 Å². The van der Waals surface area contributed by atoms with Gasteiger partial charge in [-0.3, -0.25) is 14.6 Å². The number of amides is 1. The molecule has 2 aromatic rings. The molecule has 0 aliphatic carbocycles. The van der Waals surface area contributed by atoms with Gasteiger partial charge in [0.1, 0.15) is 0 Å². The Bertz CT molecular complexity index is 797. The molecule has 2 aromatic carbocycles. The Labute approximate surface area is 171 Å². The van der Waals surface area contributed by atoms with E-state index in [0.29, 0.717) is 16.6 Å². The minimum absolute atomic E-state index is 0.0336. The van der Waals surface area contributed by atoms with E-state index in [1.54, 1.807) is 0 Å². The summed E-state index contributed by atoms with van der Waals surface area (Å²) in [4.78, 5) is 16.9. The Kier molecular flexibility index (Phi) is 6.77. The average Bonchev–Trinajstić information content (AvgIpc) is 2.63. The Balaban J connectivity index is 1.49. The Morgan fingerprint density at radius 1 is 0.963 bits per heavy atom. The summed E-state index contributed by atoms with van der Waals surface area (Å²) in [7, 11) is 0. The SMILES string of the molecule is Cc1cccc(NC(=O)CN2CCN(Cc3c(Cl)cccc3Cl)CC2)c1C. The number of rotatable bonds is 5. The maximum absolute atomic E-state index is 12.4. The van der Waals surface area contributed by atoms with Gasteiger partial charge in [0.05, 0.1) is 6.54 Å². The lowest BCUT2D eigenvalue weighted by molar-refractivity contribution is -0.117. The first-order chi connectivity index (χ1) is 12.9. The number of benzene rings is 2. The number of aryl methyl sites for hydroxylation is 1. The van der Waals surface area contributed by atoms with Crippen molar-refractivity contribution in [2.24, 2.45) is 0 Å². The van der Waals surface area contributed by atoms with Crippen LogP contribution in [0.1, 0.15) is 16.7 Å². The number of halogens is 2. The summed E-state index contributed by atoms with van der Waals surface area (Å²) < 4.78 is 0. The zero-order valence-electron chi connectivity index (χ0n) is 15.8. The van der Waals surface area contributed by atoms with E-state index < -0.39 is 0 Å². The topological polar surface area (TPSA) is 35.6 Å². The summed E-state index contributed by atoms with van der Waals surface area (Å²) in [5, 5.41) is 4.45. The third kappa shape index (κ3) is 5.23. The highest BCUT2D eigenvalue weighted by molar-refractivity contribution is 6.35. The number of carbonyl (C=O) groups is 1. The van der Waals surface area contributed by atoms with Crippen LogP contribution in [-0.4, -0.2) is 48.4 Å². The molecule has 144 valence electrons. The summed E-state index contributed by atoms with van der Waals surface area (Å²) in [5.74, 6) is 0.0336. The Morgan fingerprint density at radius 2 is 1.56 bits per heavy atom. The van der Waals surface area contributed by atoms with Gasteiger partial charge in [-0.2, -0.15) is 0 Å². The molecule has 1 amide bonds. The summed E-state index contributed by atoms with van der Waals surface area (Å²) in [6.45, 7) is 8.70. The largest absolute Gasteiger partial charge is 0.325 e. The molecule has 1 aliphatic rings. The predicted octanol–water partition coefficient (Wildman–Crippen LogP) is 4.37. The second-order valence-corrected chi connectivity index (χ2v) is 7.86. The third-order valence-electron chi connectivity index (χ3n) is 5.15. The molecule has 0 atom stereocenters. The lowest BCUT2D eigenvalue weighted by atomic mass is 10.1. The monoisotopic (exact) mass is 405 g/mol. The molecule has 1 aliphatic heterocycles. The van der Waals surface area contributed by atoms with Gasteiger partial charge in [0.25, 0.3) is 0 Å². The second kappa shape index (κ2) is 9.07.